The van der Waals surface area contributed by atoms with Crippen LogP contribution in [0.15, 0.2) is 22.7 Å². The van der Waals surface area contributed by atoms with E-state index in [-0.39, 0.29) is 11.5 Å². The summed E-state index contributed by atoms with van der Waals surface area (Å²) in [6, 6.07) is 5.02. The van der Waals surface area contributed by atoms with E-state index in [1.807, 2.05) is 4.90 Å². The molecule has 1 saturated carbocycles. The zero-order valence-corrected chi connectivity index (χ0v) is 12.3. The Morgan fingerprint density at radius 3 is 2.84 bits per heavy atom. The Morgan fingerprint density at radius 1 is 1.26 bits per heavy atom. The van der Waals surface area contributed by atoms with Crippen molar-refractivity contribution >= 4 is 21.8 Å². The average molecular weight is 326 g/mol. The first-order valence-electron chi connectivity index (χ1n) is 6.93. The van der Waals surface area contributed by atoms with Gasteiger partial charge in [-0.15, -0.1) is 0 Å². The second-order valence-corrected chi connectivity index (χ2v) is 6.35. The van der Waals surface area contributed by atoms with Gasteiger partial charge in [-0.05, 0) is 53.2 Å². The Labute approximate surface area is 121 Å². The van der Waals surface area contributed by atoms with Crippen LogP contribution in [0.4, 0.5) is 4.39 Å². The molecule has 3 rings (SSSR count). The standard InChI is InChI=1S/C15H17BrFNO/c16-11-5-3-6-12(17)14(11)15(19)18-9-8-10-4-1-2-7-13(10)18/h3,5-6,10,13H,1-2,4,7-9H2. The molecule has 2 atom stereocenters. The zero-order valence-electron chi connectivity index (χ0n) is 10.7. The Morgan fingerprint density at radius 2 is 2.05 bits per heavy atom. The molecule has 1 aliphatic heterocycles. The van der Waals surface area contributed by atoms with E-state index in [1.165, 1.54) is 25.3 Å². The van der Waals surface area contributed by atoms with Crippen LogP contribution >= 0.6 is 15.9 Å². The summed E-state index contributed by atoms with van der Waals surface area (Å²) in [4.78, 5) is 14.5. The SMILES string of the molecule is O=C(c1c(F)cccc1Br)N1CCC2CCCCC21. The number of halogens is 2. The minimum atomic E-state index is -0.432. The number of amides is 1. The summed E-state index contributed by atoms with van der Waals surface area (Å²) >= 11 is 3.30. The van der Waals surface area contributed by atoms with E-state index < -0.39 is 5.82 Å². The summed E-state index contributed by atoms with van der Waals surface area (Å²) in [6.07, 6.45) is 5.81. The quantitative estimate of drug-likeness (QED) is 0.764. The van der Waals surface area contributed by atoms with Crippen molar-refractivity contribution in [2.75, 3.05) is 6.54 Å². The van der Waals surface area contributed by atoms with Crippen molar-refractivity contribution in [1.29, 1.82) is 0 Å². The van der Waals surface area contributed by atoms with Gasteiger partial charge in [0, 0.05) is 17.1 Å². The van der Waals surface area contributed by atoms with Crippen molar-refractivity contribution in [3.05, 3.63) is 34.1 Å². The molecule has 4 heteroatoms. The highest BCUT2D eigenvalue weighted by Gasteiger charge is 2.39. The lowest BCUT2D eigenvalue weighted by Crippen LogP contribution is -2.39. The molecule has 1 saturated heterocycles. The molecule has 1 heterocycles. The molecule has 2 unspecified atom stereocenters. The summed E-state index contributed by atoms with van der Waals surface area (Å²) in [5, 5.41) is 0. The molecular formula is C15H17BrFNO. The molecule has 1 aromatic carbocycles. The zero-order chi connectivity index (χ0) is 13.4. The van der Waals surface area contributed by atoms with Gasteiger partial charge in [-0.2, -0.15) is 0 Å². The molecule has 0 radical (unpaired) electrons. The maximum absolute atomic E-state index is 13.9. The summed E-state index contributed by atoms with van der Waals surface area (Å²) in [5.41, 5.74) is 0.189. The molecule has 19 heavy (non-hydrogen) atoms. The molecule has 0 N–H and O–H groups in total. The largest absolute Gasteiger partial charge is 0.335 e. The van der Waals surface area contributed by atoms with E-state index in [0.717, 1.165) is 19.4 Å². The number of fused-ring (bicyclic) bond motifs is 1. The van der Waals surface area contributed by atoms with E-state index in [2.05, 4.69) is 15.9 Å². The lowest BCUT2D eigenvalue weighted by molar-refractivity contribution is 0.0684. The summed E-state index contributed by atoms with van der Waals surface area (Å²) < 4.78 is 14.5. The number of hydrogen-bond donors (Lipinski definition) is 0. The molecule has 2 aliphatic rings. The fourth-order valence-corrected chi connectivity index (χ4v) is 4.02. The summed E-state index contributed by atoms with van der Waals surface area (Å²) in [7, 11) is 0. The number of rotatable bonds is 1. The molecule has 1 aromatic rings. The smallest absolute Gasteiger partial charge is 0.258 e. The number of nitrogens with zero attached hydrogens (tertiary/aromatic N) is 1. The third-order valence-corrected chi connectivity index (χ3v) is 5.11. The third-order valence-electron chi connectivity index (χ3n) is 4.45. The number of carbonyl (C=O) groups is 1. The molecule has 1 aliphatic carbocycles. The van der Waals surface area contributed by atoms with Crippen LogP contribution < -0.4 is 0 Å². The van der Waals surface area contributed by atoms with E-state index in [9.17, 15) is 9.18 Å². The van der Waals surface area contributed by atoms with Gasteiger partial charge < -0.3 is 4.90 Å². The topological polar surface area (TPSA) is 20.3 Å². The lowest BCUT2D eigenvalue weighted by Gasteiger charge is -2.32. The number of carbonyl (C=O) groups excluding carboxylic acids is 1. The van der Waals surface area contributed by atoms with Gasteiger partial charge in [-0.25, -0.2) is 4.39 Å². The Balaban J connectivity index is 1.88. The molecule has 2 fully saturated rings. The van der Waals surface area contributed by atoms with Crippen LogP contribution in [-0.4, -0.2) is 23.4 Å². The van der Waals surface area contributed by atoms with Gasteiger partial charge in [0.1, 0.15) is 5.82 Å². The van der Waals surface area contributed by atoms with Crippen LogP contribution in [0, 0.1) is 11.7 Å². The van der Waals surface area contributed by atoms with Crippen LogP contribution in [0.1, 0.15) is 42.5 Å². The maximum atomic E-state index is 13.9. The van der Waals surface area contributed by atoms with Crippen molar-refractivity contribution in [2.24, 2.45) is 5.92 Å². The summed E-state index contributed by atoms with van der Waals surface area (Å²) in [5.74, 6) is 0.0428. The highest BCUT2D eigenvalue weighted by molar-refractivity contribution is 9.10. The molecule has 0 bridgehead atoms. The number of benzene rings is 1. The maximum Gasteiger partial charge on any atom is 0.258 e. The lowest BCUT2D eigenvalue weighted by atomic mass is 9.85. The minimum absolute atomic E-state index is 0.153. The van der Waals surface area contributed by atoms with Crippen molar-refractivity contribution in [1.82, 2.24) is 4.90 Å². The Hall–Kier alpha value is -0.900. The molecule has 0 spiro atoms. The van der Waals surface area contributed by atoms with Gasteiger partial charge in [0.25, 0.3) is 5.91 Å². The van der Waals surface area contributed by atoms with E-state index in [4.69, 9.17) is 0 Å². The van der Waals surface area contributed by atoms with Gasteiger partial charge in [0.15, 0.2) is 0 Å². The van der Waals surface area contributed by atoms with Crippen molar-refractivity contribution in [3.8, 4) is 0 Å². The highest BCUT2D eigenvalue weighted by atomic mass is 79.9. The molecule has 2 nitrogen and oxygen atoms in total. The normalized spacial score (nSPS) is 26.3. The fourth-order valence-electron chi connectivity index (χ4n) is 3.50. The molecule has 0 aromatic heterocycles. The minimum Gasteiger partial charge on any atom is -0.335 e. The van der Waals surface area contributed by atoms with Gasteiger partial charge in [-0.3, -0.25) is 4.79 Å². The van der Waals surface area contributed by atoms with Crippen LogP contribution in [-0.2, 0) is 0 Å². The average Bonchev–Trinajstić information content (AvgIpc) is 2.82. The Kier molecular flexibility index (Phi) is 3.61. The van der Waals surface area contributed by atoms with Crippen LogP contribution in [0.2, 0.25) is 0 Å². The second kappa shape index (κ2) is 5.23. The fraction of sp³-hybridized carbons (Fsp3) is 0.533. The van der Waals surface area contributed by atoms with Crippen molar-refractivity contribution in [3.63, 3.8) is 0 Å². The first-order chi connectivity index (χ1) is 9.18. The number of likely N-dealkylation sites (tertiary alicyclic amines) is 1. The Bertz CT molecular complexity index is 485. The first-order valence-corrected chi connectivity index (χ1v) is 7.73. The molecule has 1 amide bonds. The van der Waals surface area contributed by atoms with Gasteiger partial charge in [0.2, 0.25) is 0 Å². The van der Waals surface area contributed by atoms with Gasteiger partial charge in [0.05, 0.1) is 5.56 Å². The first kappa shape index (κ1) is 13.1. The van der Waals surface area contributed by atoms with E-state index >= 15 is 0 Å². The van der Waals surface area contributed by atoms with Gasteiger partial charge >= 0.3 is 0 Å². The predicted molar refractivity (Wildman–Crippen MR) is 75.5 cm³/mol. The third kappa shape index (κ3) is 2.31. The van der Waals surface area contributed by atoms with Gasteiger partial charge in [-0.1, -0.05) is 18.9 Å². The molecular weight excluding hydrogens is 309 g/mol. The molecule has 102 valence electrons. The second-order valence-electron chi connectivity index (χ2n) is 5.50. The van der Waals surface area contributed by atoms with Crippen molar-refractivity contribution in [2.45, 2.75) is 38.1 Å². The van der Waals surface area contributed by atoms with E-state index in [0.29, 0.717) is 16.4 Å². The van der Waals surface area contributed by atoms with Crippen molar-refractivity contribution < 1.29 is 9.18 Å². The monoisotopic (exact) mass is 325 g/mol. The highest BCUT2D eigenvalue weighted by Crippen LogP contribution is 2.37. The van der Waals surface area contributed by atoms with Crippen LogP contribution in [0.25, 0.3) is 0 Å². The summed E-state index contributed by atoms with van der Waals surface area (Å²) in [6.45, 7) is 0.773. The van der Waals surface area contributed by atoms with Crippen LogP contribution in [0.3, 0.4) is 0 Å². The van der Waals surface area contributed by atoms with Crippen LogP contribution in [0.5, 0.6) is 0 Å². The van der Waals surface area contributed by atoms with E-state index in [1.54, 1.807) is 12.1 Å². The number of hydrogen-bond acceptors (Lipinski definition) is 1. The predicted octanol–water partition coefficient (Wildman–Crippen LogP) is 3.99.